The van der Waals surface area contributed by atoms with Crippen molar-refractivity contribution in [3.63, 3.8) is 0 Å². The zero-order valence-electron chi connectivity index (χ0n) is 27.1. The van der Waals surface area contributed by atoms with Crippen molar-refractivity contribution in [2.24, 2.45) is 0 Å². The van der Waals surface area contributed by atoms with E-state index in [0.29, 0.717) is 69.0 Å². The van der Waals surface area contributed by atoms with Crippen molar-refractivity contribution < 1.29 is 33.3 Å². The van der Waals surface area contributed by atoms with E-state index in [-0.39, 0.29) is 36.5 Å². The molecule has 252 valence electrons. The van der Waals surface area contributed by atoms with Crippen LogP contribution in [0.4, 0.5) is 5.69 Å². The van der Waals surface area contributed by atoms with E-state index in [1.165, 1.54) is 4.57 Å². The van der Waals surface area contributed by atoms with E-state index in [9.17, 15) is 14.4 Å². The molecule has 0 radical (unpaired) electrons. The Kier molecular flexibility index (Phi) is 10.2. The van der Waals surface area contributed by atoms with Crippen LogP contribution in [-0.4, -0.2) is 61.8 Å². The monoisotopic (exact) mass is 682 g/mol. The average Bonchev–Trinajstić information content (AvgIpc) is 3.59. The minimum absolute atomic E-state index is 0.00211. The van der Waals surface area contributed by atoms with E-state index < -0.39 is 0 Å². The van der Waals surface area contributed by atoms with Gasteiger partial charge in [0.25, 0.3) is 11.5 Å². The van der Waals surface area contributed by atoms with Crippen LogP contribution < -0.4 is 39.9 Å². The first-order chi connectivity index (χ1) is 23.8. The third kappa shape index (κ3) is 7.73. The van der Waals surface area contributed by atoms with Crippen molar-refractivity contribution in [1.29, 1.82) is 0 Å². The smallest absolute Gasteiger partial charge is 0.262 e. The number of rotatable bonds is 13. The summed E-state index contributed by atoms with van der Waals surface area (Å²) in [7, 11) is 4.72. The number of carbonyl (C=O) groups excluding carboxylic acids is 2. The molecule has 2 heterocycles. The minimum atomic E-state index is -0.295. The van der Waals surface area contributed by atoms with Crippen LogP contribution in [-0.2, 0) is 17.8 Å². The first-order valence-electron chi connectivity index (χ1n) is 15.3. The first kappa shape index (κ1) is 33.2. The molecule has 49 heavy (non-hydrogen) atoms. The number of ether oxygens (including phenoxy) is 5. The summed E-state index contributed by atoms with van der Waals surface area (Å²) in [4.78, 5) is 44.4. The van der Waals surface area contributed by atoms with Crippen molar-refractivity contribution >= 4 is 40.2 Å². The Hall–Kier alpha value is -5.69. The summed E-state index contributed by atoms with van der Waals surface area (Å²) in [6.45, 7) is 0.651. The van der Waals surface area contributed by atoms with Gasteiger partial charge in [-0.05, 0) is 60.0 Å². The Labute approximate surface area is 286 Å². The van der Waals surface area contributed by atoms with Gasteiger partial charge in [0.15, 0.2) is 28.2 Å². The van der Waals surface area contributed by atoms with Gasteiger partial charge in [-0.1, -0.05) is 36.0 Å². The zero-order valence-corrected chi connectivity index (χ0v) is 27.9. The van der Waals surface area contributed by atoms with Gasteiger partial charge >= 0.3 is 0 Å². The molecule has 0 saturated heterocycles. The van der Waals surface area contributed by atoms with Gasteiger partial charge in [0.05, 0.1) is 44.5 Å². The molecule has 1 aliphatic rings. The Morgan fingerprint density at radius 3 is 2.39 bits per heavy atom. The molecule has 5 aromatic rings. The molecule has 13 heteroatoms. The second-order valence-corrected chi connectivity index (χ2v) is 11.9. The van der Waals surface area contributed by atoms with E-state index in [2.05, 4.69) is 10.6 Å². The van der Waals surface area contributed by atoms with Crippen LogP contribution in [0, 0.1) is 0 Å². The molecule has 1 aliphatic heterocycles. The van der Waals surface area contributed by atoms with Gasteiger partial charge in [0.1, 0.15) is 5.75 Å². The lowest BCUT2D eigenvalue weighted by Gasteiger charge is -2.14. The van der Waals surface area contributed by atoms with E-state index in [1.807, 2.05) is 18.2 Å². The van der Waals surface area contributed by atoms with Crippen LogP contribution in [0.5, 0.6) is 28.7 Å². The van der Waals surface area contributed by atoms with Gasteiger partial charge < -0.3 is 34.3 Å². The summed E-state index contributed by atoms with van der Waals surface area (Å²) in [5.74, 6) is 2.38. The predicted molar refractivity (Wildman–Crippen MR) is 186 cm³/mol. The van der Waals surface area contributed by atoms with E-state index in [4.69, 9.17) is 28.7 Å². The molecule has 0 aliphatic carbocycles. The molecule has 12 nitrogen and oxygen atoms in total. The Bertz CT molecular complexity index is 2070. The van der Waals surface area contributed by atoms with Crippen molar-refractivity contribution in [2.45, 2.75) is 18.1 Å². The molecular weight excluding hydrogens is 648 g/mol. The van der Waals surface area contributed by atoms with Crippen LogP contribution in [0.2, 0.25) is 0 Å². The third-order valence-corrected chi connectivity index (χ3v) is 8.78. The fourth-order valence-electron chi connectivity index (χ4n) is 5.27. The number of fused-ring (bicyclic) bond motifs is 2. The zero-order chi connectivity index (χ0) is 34.3. The van der Waals surface area contributed by atoms with Gasteiger partial charge in [-0.3, -0.25) is 19.0 Å². The highest BCUT2D eigenvalue weighted by molar-refractivity contribution is 7.99. The summed E-state index contributed by atoms with van der Waals surface area (Å²) < 4.78 is 28.4. The summed E-state index contributed by atoms with van der Waals surface area (Å²) in [5.41, 5.74) is 2.98. The number of thioether (sulfide) groups is 1. The molecule has 1 aromatic heterocycles. The second-order valence-electron chi connectivity index (χ2n) is 11.0. The summed E-state index contributed by atoms with van der Waals surface area (Å²) in [5, 5.41) is 6.51. The molecule has 0 spiro atoms. The number of nitrogens with zero attached hydrogens (tertiary/aromatic N) is 2. The lowest BCUT2D eigenvalue weighted by atomic mass is 10.1. The fourth-order valence-corrected chi connectivity index (χ4v) is 6.07. The molecule has 6 rings (SSSR count). The molecular formula is C36H34N4O8S. The minimum Gasteiger partial charge on any atom is -0.497 e. The van der Waals surface area contributed by atoms with E-state index in [0.717, 1.165) is 22.9 Å². The number of nitrogens with one attached hydrogen (secondary N) is 2. The largest absolute Gasteiger partial charge is 0.497 e. The van der Waals surface area contributed by atoms with Gasteiger partial charge in [0.2, 0.25) is 12.7 Å². The number of methoxy groups -OCH3 is 3. The van der Waals surface area contributed by atoms with Crippen LogP contribution in [0.1, 0.15) is 21.5 Å². The van der Waals surface area contributed by atoms with Crippen LogP contribution >= 0.6 is 11.8 Å². The highest BCUT2D eigenvalue weighted by Crippen LogP contribution is 2.35. The van der Waals surface area contributed by atoms with Crippen molar-refractivity contribution in [1.82, 2.24) is 14.9 Å². The molecule has 4 aromatic carbocycles. The van der Waals surface area contributed by atoms with Crippen molar-refractivity contribution in [2.75, 3.05) is 45.7 Å². The van der Waals surface area contributed by atoms with Crippen LogP contribution in [0.15, 0.2) is 88.8 Å². The van der Waals surface area contributed by atoms with Crippen LogP contribution in [0.25, 0.3) is 10.9 Å². The topological polar surface area (TPSA) is 139 Å². The predicted octanol–water partition coefficient (Wildman–Crippen LogP) is 4.90. The molecule has 2 N–H and O–H groups in total. The quantitative estimate of drug-likeness (QED) is 0.130. The van der Waals surface area contributed by atoms with Gasteiger partial charge in [-0.25, -0.2) is 4.98 Å². The Morgan fingerprint density at radius 1 is 0.878 bits per heavy atom. The highest BCUT2D eigenvalue weighted by atomic mass is 32.2. The van der Waals surface area contributed by atoms with Gasteiger partial charge in [0, 0.05) is 29.9 Å². The van der Waals surface area contributed by atoms with Crippen LogP contribution in [0.3, 0.4) is 0 Å². The van der Waals surface area contributed by atoms with Gasteiger partial charge in [-0.2, -0.15) is 0 Å². The first-order valence-corrected chi connectivity index (χ1v) is 16.3. The summed E-state index contributed by atoms with van der Waals surface area (Å²) in [6, 6.07) is 23.0. The van der Waals surface area contributed by atoms with Gasteiger partial charge in [-0.15, -0.1) is 0 Å². The van der Waals surface area contributed by atoms with E-state index in [1.54, 1.807) is 82.0 Å². The maximum Gasteiger partial charge on any atom is 0.262 e. The summed E-state index contributed by atoms with van der Waals surface area (Å²) in [6.07, 6.45) is 0.612. The average molecular weight is 683 g/mol. The fraction of sp³-hybridized carbons (Fsp3) is 0.222. The van der Waals surface area contributed by atoms with Crippen molar-refractivity contribution in [3.8, 4) is 28.7 Å². The van der Waals surface area contributed by atoms with E-state index >= 15 is 0 Å². The molecule has 0 atom stereocenters. The van der Waals surface area contributed by atoms with Crippen molar-refractivity contribution in [3.05, 3.63) is 106 Å². The standard InChI is InChI=1S/C36H34N4O8S/c1-44-26-6-4-5-25(16-26)38-33(41)20-49-36-39-28-18-32-31(47-21-48-32)17-27(28)35(43)40(36)19-23-7-10-24(11-8-23)34(42)37-14-13-22-9-12-29(45-2)30(15-22)46-3/h4-12,15-18H,13-14,19-21H2,1-3H3,(H,37,42)(H,38,41). The maximum absolute atomic E-state index is 13.9. The Morgan fingerprint density at radius 2 is 1.63 bits per heavy atom. The molecule has 0 bridgehead atoms. The molecule has 0 saturated carbocycles. The highest BCUT2D eigenvalue weighted by Gasteiger charge is 2.20. The lowest BCUT2D eigenvalue weighted by molar-refractivity contribution is -0.113. The molecule has 0 unspecified atom stereocenters. The number of anilines is 1. The number of hydrogen-bond donors (Lipinski definition) is 2. The number of hydrogen-bond acceptors (Lipinski definition) is 10. The second kappa shape index (κ2) is 15.0. The third-order valence-electron chi connectivity index (χ3n) is 7.80. The lowest BCUT2D eigenvalue weighted by Crippen LogP contribution is -2.26. The molecule has 2 amide bonds. The number of carbonyl (C=O) groups is 2. The SMILES string of the molecule is COc1cccc(NC(=O)CSc2nc3cc4c(cc3c(=O)n2Cc2ccc(C(=O)NCCc3ccc(OC)c(OC)c3)cc2)OCO4)c1. The number of benzene rings is 4. The summed E-state index contributed by atoms with van der Waals surface area (Å²) >= 11 is 1.14. The normalized spacial score (nSPS) is 11.7. The maximum atomic E-state index is 13.9. The number of aromatic nitrogens is 2. The number of amides is 2. The molecule has 0 fully saturated rings. The Balaban J connectivity index is 1.16.